The SMILES string of the molecule is C[C@H](C(=O)N1CCN(c2ccc(S(=O)(=O)N=C(N)C#CC(N)Cl)cc2)C(=O)C1)N1CCCc2cc(Cl)ccc21. The zero-order valence-corrected chi connectivity index (χ0v) is 23.5. The van der Waals surface area contributed by atoms with Crippen molar-refractivity contribution in [2.24, 2.45) is 15.9 Å². The van der Waals surface area contributed by atoms with Crippen LogP contribution in [0.15, 0.2) is 51.8 Å². The molecule has 0 saturated carbocycles. The minimum Gasteiger partial charge on any atom is -0.376 e. The number of benzene rings is 2. The molecule has 2 aromatic rings. The van der Waals surface area contributed by atoms with E-state index in [4.69, 9.17) is 34.7 Å². The van der Waals surface area contributed by atoms with Crippen LogP contribution in [0.25, 0.3) is 0 Å². The number of piperazine rings is 1. The van der Waals surface area contributed by atoms with E-state index in [-0.39, 0.29) is 29.8 Å². The lowest BCUT2D eigenvalue weighted by Crippen LogP contribution is -2.57. The molecule has 2 aliphatic heterocycles. The zero-order chi connectivity index (χ0) is 28.3. The largest absolute Gasteiger partial charge is 0.376 e. The van der Waals surface area contributed by atoms with Crippen LogP contribution >= 0.6 is 23.2 Å². The highest BCUT2D eigenvalue weighted by Crippen LogP contribution is 2.31. The van der Waals surface area contributed by atoms with E-state index in [1.165, 1.54) is 29.2 Å². The number of rotatable bonds is 5. The number of alkyl halides is 1. The molecule has 1 saturated heterocycles. The fourth-order valence-corrected chi connectivity index (χ4v) is 5.81. The number of carbonyl (C=O) groups excluding carboxylic acids is 2. The Labute approximate surface area is 237 Å². The van der Waals surface area contributed by atoms with Gasteiger partial charge in [0.25, 0.3) is 10.0 Å². The molecule has 0 bridgehead atoms. The van der Waals surface area contributed by atoms with Gasteiger partial charge in [-0.2, -0.15) is 8.42 Å². The van der Waals surface area contributed by atoms with Crippen molar-refractivity contribution < 1.29 is 18.0 Å². The summed E-state index contributed by atoms with van der Waals surface area (Å²) in [6.45, 7) is 3.14. The molecular formula is C26H28Cl2N6O4S. The normalized spacial score (nSPS) is 17.7. The fourth-order valence-electron chi connectivity index (χ4n) is 4.67. The summed E-state index contributed by atoms with van der Waals surface area (Å²) in [5.74, 6) is 3.75. The van der Waals surface area contributed by atoms with Gasteiger partial charge >= 0.3 is 0 Å². The lowest BCUT2D eigenvalue weighted by molar-refractivity contribution is -0.137. The molecule has 0 radical (unpaired) electrons. The quantitative estimate of drug-likeness (QED) is 0.178. The molecule has 2 heterocycles. The summed E-state index contributed by atoms with van der Waals surface area (Å²) in [7, 11) is -4.12. The molecule has 10 nitrogen and oxygen atoms in total. The Kier molecular flexibility index (Phi) is 8.71. The summed E-state index contributed by atoms with van der Waals surface area (Å²) in [5, 5.41) is 0.667. The van der Waals surface area contributed by atoms with Gasteiger partial charge in [0, 0.05) is 36.0 Å². The Morgan fingerprint density at radius 1 is 1.13 bits per heavy atom. The van der Waals surface area contributed by atoms with Crippen molar-refractivity contribution in [1.82, 2.24) is 4.90 Å². The third kappa shape index (κ3) is 6.65. The first-order chi connectivity index (χ1) is 18.5. The Bertz CT molecular complexity index is 1470. The van der Waals surface area contributed by atoms with Crippen molar-refractivity contribution in [3.63, 3.8) is 0 Å². The molecule has 4 N–H and O–H groups in total. The van der Waals surface area contributed by atoms with Crippen molar-refractivity contribution in [3.05, 3.63) is 53.1 Å². The monoisotopic (exact) mass is 590 g/mol. The Balaban J connectivity index is 1.42. The van der Waals surface area contributed by atoms with E-state index in [0.717, 1.165) is 30.6 Å². The van der Waals surface area contributed by atoms with Gasteiger partial charge in [-0.3, -0.25) is 9.59 Å². The smallest absolute Gasteiger partial charge is 0.284 e. The molecule has 2 aromatic carbocycles. The van der Waals surface area contributed by atoms with E-state index < -0.39 is 27.4 Å². The predicted molar refractivity (Wildman–Crippen MR) is 152 cm³/mol. The maximum Gasteiger partial charge on any atom is 0.284 e. The molecule has 13 heteroatoms. The van der Waals surface area contributed by atoms with Gasteiger partial charge in [-0.15, -0.1) is 4.40 Å². The van der Waals surface area contributed by atoms with E-state index in [0.29, 0.717) is 17.3 Å². The van der Waals surface area contributed by atoms with Gasteiger partial charge in [0.05, 0.1) is 4.90 Å². The Morgan fingerprint density at radius 3 is 2.51 bits per heavy atom. The van der Waals surface area contributed by atoms with Crippen LogP contribution in [0.1, 0.15) is 18.9 Å². The maximum atomic E-state index is 13.4. The fraction of sp³-hybridized carbons (Fsp3) is 0.346. The number of carbonyl (C=O) groups is 2. The van der Waals surface area contributed by atoms with Gasteiger partial charge in [-0.25, -0.2) is 0 Å². The van der Waals surface area contributed by atoms with Crippen LogP contribution in [-0.4, -0.2) is 68.7 Å². The Hall–Kier alpha value is -3.30. The van der Waals surface area contributed by atoms with Crippen LogP contribution in [0.4, 0.5) is 11.4 Å². The molecule has 39 heavy (non-hydrogen) atoms. The summed E-state index contributed by atoms with van der Waals surface area (Å²) in [6, 6.07) is 10.9. The van der Waals surface area contributed by atoms with Crippen LogP contribution in [0.2, 0.25) is 5.02 Å². The summed E-state index contributed by atoms with van der Waals surface area (Å²) >= 11 is 11.6. The zero-order valence-electron chi connectivity index (χ0n) is 21.2. The predicted octanol–water partition coefficient (Wildman–Crippen LogP) is 1.93. The van der Waals surface area contributed by atoms with E-state index >= 15 is 0 Å². The molecule has 2 atom stereocenters. The van der Waals surface area contributed by atoms with Crippen molar-refractivity contribution >= 4 is 62.2 Å². The average molecular weight is 592 g/mol. The van der Waals surface area contributed by atoms with Gasteiger partial charge in [0.2, 0.25) is 11.8 Å². The summed E-state index contributed by atoms with van der Waals surface area (Å²) < 4.78 is 28.5. The molecule has 206 valence electrons. The molecule has 0 aromatic heterocycles. The second-order valence-electron chi connectivity index (χ2n) is 9.17. The number of amides is 2. The maximum absolute atomic E-state index is 13.4. The van der Waals surface area contributed by atoms with E-state index in [1.807, 2.05) is 25.1 Å². The first-order valence-corrected chi connectivity index (χ1v) is 14.5. The van der Waals surface area contributed by atoms with Gasteiger partial charge in [-0.1, -0.05) is 29.1 Å². The standard InChI is InChI=1S/C26H28Cl2N6O4S/c1-17(33-12-2-3-18-15-19(27)4-9-22(18)33)26(36)32-13-14-34(25(35)16-32)20-5-7-21(8-6-20)39(37,38)31-24(30)11-10-23(28)29/h4-9,15,17,23H,2-3,12-14,16,29H2,1H3,(H2,30,31)/t17-,23?/m1/s1. The van der Waals surface area contributed by atoms with Gasteiger partial charge < -0.3 is 26.2 Å². The number of aryl methyl sites for hydroxylation is 1. The van der Waals surface area contributed by atoms with Crippen molar-refractivity contribution in [2.75, 3.05) is 36.0 Å². The summed E-state index contributed by atoms with van der Waals surface area (Å²) in [6.07, 6.45) is 1.82. The number of hydrogen-bond donors (Lipinski definition) is 2. The van der Waals surface area contributed by atoms with Gasteiger partial charge in [-0.05, 0) is 73.7 Å². The Morgan fingerprint density at radius 2 is 1.85 bits per heavy atom. The number of nitrogens with two attached hydrogens (primary N) is 2. The second-order valence-corrected chi connectivity index (χ2v) is 11.7. The average Bonchev–Trinajstić information content (AvgIpc) is 2.90. The van der Waals surface area contributed by atoms with Crippen LogP contribution in [0.3, 0.4) is 0 Å². The minimum atomic E-state index is -4.12. The number of hydrogen-bond acceptors (Lipinski definition) is 6. The topological polar surface area (TPSA) is 142 Å². The highest BCUT2D eigenvalue weighted by Gasteiger charge is 2.34. The number of fused-ring (bicyclic) bond motifs is 1. The van der Waals surface area contributed by atoms with Crippen molar-refractivity contribution in [1.29, 1.82) is 0 Å². The van der Waals surface area contributed by atoms with Crippen LogP contribution in [0, 0.1) is 11.8 Å². The van der Waals surface area contributed by atoms with E-state index in [2.05, 4.69) is 21.1 Å². The van der Waals surface area contributed by atoms with Crippen LogP contribution in [-0.2, 0) is 26.0 Å². The van der Waals surface area contributed by atoms with E-state index in [1.54, 1.807) is 4.90 Å². The number of nitrogens with zero attached hydrogens (tertiary/aromatic N) is 4. The second kappa shape index (κ2) is 11.8. The molecule has 1 unspecified atom stereocenters. The van der Waals surface area contributed by atoms with Crippen LogP contribution in [0.5, 0.6) is 0 Å². The van der Waals surface area contributed by atoms with Crippen LogP contribution < -0.4 is 21.3 Å². The lowest BCUT2D eigenvalue weighted by Gasteiger charge is -2.40. The first-order valence-electron chi connectivity index (χ1n) is 12.2. The molecule has 2 aliphatic rings. The summed E-state index contributed by atoms with van der Waals surface area (Å²) in [4.78, 5) is 31.4. The summed E-state index contributed by atoms with van der Waals surface area (Å²) in [5.41, 5.74) is 12.4. The number of amidine groups is 1. The molecule has 4 rings (SSSR count). The van der Waals surface area contributed by atoms with Gasteiger partial charge in [0.15, 0.2) is 5.84 Å². The third-order valence-corrected chi connectivity index (χ3v) is 8.21. The van der Waals surface area contributed by atoms with Gasteiger partial charge in [0.1, 0.15) is 18.1 Å². The third-order valence-electron chi connectivity index (χ3n) is 6.56. The van der Waals surface area contributed by atoms with Crippen molar-refractivity contribution in [3.8, 4) is 11.8 Å². The molecule has 0 spiro atoms. The molecule has 0 aliphatic carbocycles. The molecular weight excluding hydrogens is 563 g/mol. The highest BCUT2D eigenvalue weighted by atomic mass is 35.5. The number of anilines is 2. The first kappa shape index (κ1) is 28.7. The number of sulfonamides is 1. The minimum absolute atomic E-state index is 0.0766. The lowest BCUT2D eigenvalue weighted by atomic mass is 10.00. The molecule has 2 amide bonds. The van der Waals surface area contributed by atoms with E-state index in [9.17, 15) is 18.0 Å². The number of halogens is 2. The molecule has 1 fully saturated rings. The van der Waals surface area contributed by atoms with Crippen molar-refractivity contribution in [2.45, 2.75) is 36.2 Å². The highest BCUT2D eigenvalue weighted by molar-refractivity contribution is 7.90.